The Labute approximate surface area is 392 Å². The van der Waals surface area contributed by atoms with Gasteiger partial charge in [-0.25, -0.2) is 4.79 Å². The van der Waals surface area contributed by atoms with E-state index in [1.165, 1.54) is 18.7 Å². The van der Waals surface area contributed by atoms with Crippen LogP contribution in [-0.2, 0) is 57.5 Å². The Bertz CT molecular complexity index is 1820. The lowest BCUT2D eigenvalue weighted by Crippen LogP contribution is -2.60. The lowest BCUT2D eigenvalue weighted by molar-refractivity contribution is -0.144. The number of unbranched alkanes of at least 4 members (excludes halogenated alkanes) is 1. The quantitative estimate of drug-likeness (QED) is 0.0281. The summed E-state index contributed by atoms with van der Waals surface area (Å²) >= 11 is 0. The molecule has 10 atom stereocenters. The molecule has 0 radical (unpaired) electrons. The van der Waals surface area contributed by atoms with Crippen LogP contribution in [0.4, 0.5) is 0 Å². The third kappa shape index (κ3) is 20.6. The molecule has 1 saturated heterocycles. The molecule has 68 heavy (non-hydrogen) atoms. The molecule has 0 aliphatic carbocycles. The van der Waals surface area contributed by atoms with Crippen LogP contribution in [0.3, 0.4) is 0 Å². The first-order valence-corrected chi connectivity index (χ1v) is 22.3. The number of carbonyl (C=O) groups excluding carboxylic acids is 9. The number of aliphatic hydroxyl groups is 1. The number of aliphatic carboxylic acids is 3. The highest BCUT2D eigenvalue weighted by atomic mass is 16.4. The number of nitrogens with one attached hydrogen (secondary N) is 7. The van der Waals surface area contributed by atoms with Crippen LogP contribution < -0.4 is 54.4 Å². The highest BCUT2D eigenvalue weighted by molar-refractivity contribution is 5.98. The number of hydrogen-bond donors (Lipinski definition) is 14. The predicted molar refractivity (Wildman–Crippen MR) is 237 cm³/mol. The van der Waals surface area contributed by atoms with E-state index in [1.807, 2.05) is 5.32 Å². The molecule has 1 heterocycles. The van der Waals surface area contributed by atoms with E-state index in [4.69, 9.17) is 22.3 Å². The third-order valence-corrected chi connectivity index (χ3v) is 11.0. The first kappa shape index (κ1) is 59.5. The Morgan fingerprint density at radius 2 is 1.12 bits per heavy atom. The van der Waals surface area contributed by atoms with E-state index in [1.54, 1.807) is 13.8 Å². The van der Waals surface area contributed by atoms with Crippen molar-refractivity contribution in [2.45, 2.75) is 159 Å². The lowest BCUT2D eigenvalue weighted by Gasteiger charge is -2.31. The average Bonchev–Trinajstić information content (AvgIpc) is 3.77. The topological polar surface area (TPSA) is 451 Å². The Kier molecular flexibility index (Phi) is 26.3. The first-order valence-electron chi connectivity index (χ1n) is 22.3. The molecular weight excluding hydrogens is 903 g/mol. The van der Waals surface area contributed by atoms with Gasteiger partial charge in [-0.05, 0) is 77.7 Å². The maximum atomic E-state index is 13.8. The zero-order valence-electron chi connectivity index (χ0n) is 38.7. The molecule has 0 unspecified atom stereocenters. The number of carboxylic acid groups (broad SMARTS) is 3. The molecule has 0 bridgehead atoms. The fraction of sp³-hybridized carbons (Fsp3) is 0.707. The van der Waals surface area contributed by atoms with Gasteiger partial charge in [0, 0.05) is 25.8 Å². The van der Waals surface area contributed by atoms with E-state index in [2.05, 4.69) is 31.9 Å². The normalized spacial score (nSPS) is 17.2. The number of amides is 9. The number of primary amides is 1. The van der Waals surface area contributed by atoms with Crippen molar-refractivity contribution in [1.29, 1.82) is 0 Å². The van der Waals surface area contributed by atoms with Crippen molar-refractivity contribution in [3.63, 3.8) is 0 Å². The van der Waals surface area contributed by atoms with Gasteiger partial charge in [-0.3, -0.25) is 52.7 Å². The summed E-state index contributed by atoms with van der Waals surface area (Å²) in [4.78, 5) is 154. The van der Waals surface area contributed by atoms with Crippen molar-refractivity contribution in [3.8, 4) is 0 Å². The van der Waals surface area contributed by atoms with Crippen LogP contribution in [0.1, 0.15) is 105 Å². The van der Waals surface area contributed by atoms with Crippen molar-refractivity contribution < 1.29 is 78.0 Å². The van der Waals surface area contributed by atoms with Gasteiger partial charge in [0.15, 0.2) is 0 Å². The Morgan fingerprint density at radius 1 is 0.618 bits per heavy atom. The summed E-state index contributed by atoms with van der Waals surface area (Å²) < 4.78 is 0. The molecule has 27 heteroatoms. The molecule has 27 nitrogen and oxygen atoms in total. The fourth-order valence-corrected chi connectivity index (χ4v) is 6.80. The van der Waals surface area contributed by atoms with Crippen LogP contribution in [0.25, 0.3) is 0 Å². The molecule has 17 N–H and O–H groups in total. The second kappa shape index (κ2) is 30.0. The summed E-state index contributed by atoms with van der Waals surface area (Å²) in [5, 5.41) is 54.1. The van der Waals surface area contributed by atoms with Gasteiger partial charge in [0.05, 0.1) is 12.6 Å². The third-order valence-electron chi connectivity index (χ3n) is 11.0. The number of hydrogen-bond acceptors (Lipinski definition) is 15. The number of nitrogens with two attached hydrogens (primary N) is 3. The van der Waals surface area contributed by atoms with Gasteiger partial charge in [-0.15, -0.1) is 0 Å². The van der Waals surface area contributed by atoms with Gasteiger partial charge >= 0.3 is 17.9 Å². The fourth-order valence-electron chi connectivity index (χ4n) is 6.80. The number of aliphatic hydroxyl groups excluding tert-OH is 1. The monoisotopic (exact) mass is 971 g/mol. The maximum Gasteiger partial charge on any atom is 0.326 e. The van der Waals surface area contributed by atoms with E-state index >= 15 is 0 Å². The minimum Gasteiger partial charge on any atom is -0.481 e. The highest BCUT2D eigenvalue weighted by Gasteiger charge is 2.40. The zero-order chi connectivity index (χ0) is 51.8. The van der Waals surface area contributed by atoms with E-state index in [9.17, 15) is 72.9 Å². The molecule has 1 fully saturated rings. The Morgan fingerprint density at radius 3 is 1.63 bits per heavy atom. The number of carboxylic acids is 3. The molecule has 0 aromatic heterocycles. The van der Waals surface area contributed by atoms with E-state index in [-0.39, 0.29) is 38.8 Å². The van der Waals surface area contributed by atoms with Crippen LogP contribution in [0.2, 0.25) is 0 Å². The predicted octanol–water partition coefficient (Wildman–Crippen LogP) is -5.01. The summed E-state index contributed by atoms with van der Waals surface area (Å²) in [6.07, 6.45) is -1.34. The number of rotatable bonds is 32. The first-order chi connectivity index (χ1) is 31.9. The molecule has 1 rings (SSSR count). The summed E-state index contributed by atoms with van der Waals surface area (Å²) in [5.41, 5.74) is 16.6. The van der Waals surface area contributed by atoms with E-state index in [0.717, 1.165) is 0 Å². The summed E-state index contributed by atoms with van der Waals surface area (Å²) in [5.74, 6) is -12.7. The smallest absolute Gasteiger partial charge is 0.326 e. The highest BCUT2D eigenvalue weighted by Crippen LogP contribution is 2.21. The van der Waals surface area contributed by atoms with Crippen LogP contribution in [0, 0.1) is 5.92 Å². The van der Waals surface area contributed by atoms with Crippen LogP contribution >= 0.6 is 0 Å². The maximum absolute atomic E-state index is 13.8. The number of likely N-dealkylation sites (tertiary alicyclic amines) is 1. The van der Waals surface area contributed by atoms with Crippen LogP contribution in [0.15, 0.2) is 0 Å². The molecule has 1 aliphatic rings. The van der Waals surface area contributed by atoms with Gasteiger partial charge in [0.25, 0.3) is 0 Å². The lowest BCUT2D eigenvalue weighted by atomic mass is 9.97. The van der Waals surface area contributed by atoms with E-state index < -0.39 is 170 Å². The Balaban J connectivity index is 3.25. The number of carbonyl (C=O) groups is 12. The SMILES string of the molecule is CC[C@H](C)[C@H](NC(=O)[C@@H]1CCCN1C(=O)[C@H](CCC(=O)O)NC(=O)[C@H](C)N)C(=O)N[C@@H](C)C(=O)N[C@@H](CCC(N)=O)C(=O)N[C@@H](CCCCN)C(=O)N[C@@H](CO)C(=O)N[C@@H](CCC(=O)O)C(=O)O. The second-order valence-electron chi connectivity index (χ2n) is 16.6. The minimum absolute atomic E-state index is 0.0858. The van der Waals surface area contributed by atoms with Crippen molar-refractivity contribution >= 4 is 71.1 Å². The molecule has 0 saturated carbocycles. The molecule has 1 aliphatic heterocycles. The van der Waals surface area contributed by atoms with Gasteiger partial charge in [-0.1, -0.05) is 20.3 Å². The van der Waals surface area contributed by atoms with E-state index in [0.29, 0.717) is 19.3 Å². The van der Waals surface area contributed by atoms with Crippen molar-refractivity contribution in [2.24, 2.45) is 23.1 Å². The standard InChI is InChI=1S/C41H69N11O16/c1-5-20(2)32(51-38(64)28-10-8-18-52(28)40(66)25(12-15-30(55)56)48-33(59)21(3)43)39(65)45-22(4)34(60)46-24(11-14-29(44)54)36(62)47-23(9-6-7-17-42)35(61)50-27(19-53)37(63)49-26(41(67)68)13-16-31(57)58/h20-28,32,53H,5-19,42-43H2,1-4H3,(H2,44,54)(H,45,65)(H,46,60)(H,47,62)(H,48,59)(H,49,63)(H,50,61)(H,51,64)(H,55,56)(H,57,58)(H,67,68)/t20-,21-,22-,23-,24-,25-,26-,27-,28-,32-/m0/s1. The van der Waals surface area contributed by atoms with Crippen LogP contribution in [-0.4, -0.2) is 170 Å². The summed E-state index contributed by atoms with van der Waals surface area (Å²) in [6, 6.07) is -12.6. The van der Waals surface area contributed by atoms with Gasteiger partial charge in [-0.2, -0.15) is 0 Å². The summed E-state index contributed by atoms with van der Waals surface area (Å²) in [7, 11) is 0. The largest absolute Gasteiger partial charge is 0.481 e. The second-order valence-corrected chi connectivity index (χ2v) is 16.6. The van der Waals surface area contributed by atoms with Gasteiger partial charge in [0.1, 0.15) is 48.3 Å². The molecule has 384 valence electrons. The van der Waals surface area contributed by atoms with Crippen LogP contribution in [0.5, 0.6) is 0 Å². The average molecular weight is 972 g/mol. The van der Waals surface area contributed by atoms with Gasteiger partial charge < -0.3 is 79.7 Å². The van der Waals surface area contributed by atoms with Gasteiger partial charge in [0.2, 0.25) is 53.2 Å². The zero-order valence-corrected chi connectivity index (χ0v) is 38.7. The molecule has 0 spiro atoms. The molecular formula is C41H69N11O16. The summed E-state index contributed by atoms with van der Waals surface area (Å²) in [6.45, 7) is 5.24. The van der Waals surface area contributed by atoms with Crippen molar-refractivity contribution in [2.75, 3.05) is 19.7 Å². The number of nitrogens with zero attached hydrogens (tertiary/aromatic N) is 1. The van der Waals surface area contributed by atoms with Crippen molar-refractivity contribution in [1.82, 2.24) is 42.1 Å². The molecule has 0 aromatic carbocycles. The Hall–Kier alpha value is -6.48. The molecule has 0 aromatic rings. The minimum atomic E-state index is -1.76. The molecule has 9 amide bonds. The van der Waals surface area contributed by atoms with Crippen molar-refractivity contribution in [3.05, 3.63) is 0 Å².